The minimum absolute atomic E-state index is 0.205. The summed E-state index contributed by atoms with van der Waals surface area (Å²) in [6, 6.07) is 25.6. The average molecular weight is 552 g/mol. The van der Waals surface area contributed by atoms with E-state index in [0.717, 1.165) is 41.2 Å². The molecule has 1 aromatic heterocycles. The molecule has 4 aromatic rings. The fourth-order valence-electron chi connectivity index (χ4n) is 6.08. The summed E-state index contributed by atoms with van der Waals surface area (Å²) in [5, 5.41) is 4.13. The molecule has 2 unspecified atom stereocenters. The molecule has 9 heteroatoms. The molecule has 1 N–H and O–H groups in total. The van der Waals surface area contributed by atoms with Crippen molar-refractivity contribution in [1.82, 2.24) is 19.5 Å². The first-order valence-electron chi connectivity index (χ1n) is 13.3. The molecule has 0 spiro atoms. The maximum absolute atomic E-state index is 13.6. The van der Waals surface area contributed by atoms with Crippen LogP contribution in [0, 0.1) is 0 Å². The molecule has 3 aromatic carbocycles. The monoisotopic (exact) mass is 551 g/mol. The van der Waals surface area contributed by atoms with Gasteiger partial charge in [0.1, 0.15) is 11.3 Å². The zero-order chi connectivity index (χ0) is 27.6. The molecule has 2 atom stereocenters. The summed E-state index contributed by atoms with van der Waals surface area (Å²) in [5.74, 6) is 1.68. The van der Waals surface area contributed by atoms with Crippen LogP contribution >= 0.6 is 0 Å². The average Bonchev–Trinajstić information content (AvgIpc) is 3.48. The van der Waals surface area contributed by atoms with Crippen molar-refractivity contribution >= 4 is 26.8 Å². The fourth-order valence-corrected chi connectivity index (χ4v) is 7.20. The summed E-state index contributed by atoms with van der Waals surface area (Å²) in [6.45, 7) is 3.64. The van der Waals surface area contributed by atoms with Crippen LogP contribution in [0.5, 0.6) is 5.75 Å². The smallest absolute Gasteiger partial charge is 0.243 e. The molecule has 3 aliphatic rings. The van der Waals surface area contributed by atoms with E-state index < -0.39 is 15.7 Å². The molecular formula is C31H29N5O3S. The van der Waals surface area contributed by atoms with E-state index in [2.05, 4.69) is 46.4 Å². The van der Waals surface area contributed by atoms with Gasteiger partial charge in [-0.15, -0.1) is 0 Å². The molecule has 1 fully saturated rings. The Bertz CT molecular complexity index is 1820. The molecule has 0 bridgehead atoms. The van der Waals surface area contributed by atoms with Crippen molar-refractivity contribution in [2.45, 2.75) is 23.4 Å². The molecule has 3 aliphatic heterocycles. The van der Waals surface area contributed by atoms with Crippen molar-refractivity contribution in [2.24, 2.45) is 4.99 Å². The lowest BCUT2D eigenvalue weighted by atomic mass is 9.80. The van der Waals surface area contributed by atoms with Crippen LogP contribution in [0.3, 0.4) is 0 Å². The lowest BCUT2D eigenvalue weighted by molar-refractivity contribution is 0.168. The van der Waals surface area contributed by atoms with Crippen LogP contribution in [0.15, 0.2) is 106 Å². The van der Waals surface area contributed by atoms with Crippen molar-refractivity contribution in [3.8, 4) is 5.75 Å². The van der Waals surface area contributed by atoms with Gasteiger partial charge in [0.05, 0.1) is 10.5 Å². The Balaban J connectivity index is 1.57. The highest BCUT2D eigenvalue weighted by molar-refractivity contribution is 7.89. The minimum atomic E-state index is -3.78. The Morgan fingerprint density at radius 1 is 1.02 bits per heavy atom. The zero-order valence-electron chi connectivity index (χ0n) is 22.5. The van der Waals surface area contributed by atoms with Gasteiger partial charge in [0.2, 0.25) is 15.9 Å². The summed E-state index contributed by atoms with van der Waals surface area (Å²) >= 11 is 0. The van der Waals surface area contributed by atoms with Crippen LogP contribution in [0.25, 0.3) is 10.9 Å². The predicted molar refractivity (Wildman–Crippen MR) is 154 cm³/mol. The quantitative estimate of drug-likeness (QED) is 0.404. The number of aromatic nitrogens is 1. The van der Waals surface area contributed by atoms with E-state index in [1.807, 2.05) is 36.4 Å². The largest absolute Gasteiger partial charge is 0.436 e. The number of fused-ring (bicyclic) bond motifs is 5. The lowest BCUT2D eigenvalue weighted by Gasteiger charge is -2.44. The van der Waals surface area contributed by atoms with Gasteiger partial charge in [-0.1, -0.05) is 60.7 Å². The normalized spacial score (nSPS) is 21.9. The lowest BCUT2D eigenvalue weighted by Crippen LogP contribution is -2.47. The van der Waals surface area contributed by atoms with Crippen LogP contribution in [-0.2, 0) is 15.7 Å². The number of sulfonamides is 1. The molecule has 4 heterocycles. The minimum Gasteiger partial charge on any atom is -0.436 e. The van der Waals surface area contributed by atoms with Gasteiger partial charge in [0.25, 0.3) is 0 Å². The maximum Gasteiger partial charge on any atom is 0.243 e. The van der Waals surface area contributed by atoms with Crippen LogP contribution in [0.1, 0.15) is 29.5 Å². The molecule has 8 nitrogen and oxygen atoms in total. The van der Waals surface area contributed by atoms with E-state index in [-0.39, 0.29) is 10.8 Å². The molecule has 40 heavy (non-hydrogen) atoms. The summed E-state index contributed by atoms with van der Waals surface area (Å²) < 4.78 is 35.1. The summed E-state index contributed by atoms with van der Waals surface area (Å²) in [4.78, 5) is 12.4. The number of ether oxygens (including phenoxy) is 1. The van der Waals surface area contributed by atoms with E-state index in [1.165, 1.54) is 4.31 Å². The number of rotatable bonds is 4. The summed E-state index contributed by atoms with van der Waals surface area (Å²) in [7, 11) is -0.688. The van der Waals surface area contributed by atoms with E-state index >= 15 is 0 Å². The molecular weight excluding hydrogens is 522 g/mol. The van der Waals surface area contributed by atoms with Crippen molar-refractivity contribution in [3.63, 3.8) is 0 Å². The van der Waals surface area contributed by atoms with Crippen LogP contribution < -0.4 is 10.1 Å². The topological polar surface area (TPSA) is 87.1 Å². The molecule has 0 amide bonds. The standard InChI is InChI=1S/C31H29N5O3S/c1-31(21-13-8-5-9-14-21)34-30-26(29-33-17-18-36(29)31)25(20-11-6-4-7-12-20)23-19-24(40(37,38)35(2)3)22-15-10-16-32-27(22)28(23)39-30/h4-16,19,25,33H,17-18H2,1-3H3. The summed E-state index contributed by atoms with van der Waals surface area (Å²) in [6.07, 6.45) is 1.67. The molecule has 202 valence electrons. The van der Waals surface area contributed by atoms with Gasteiger partial charge < -0.3 is 15.0 Å². The van der Waals surface area contributed by atoms with Crippen molar-refractivity contribution in [3.05, 3.63) is 113 Å². The van der Waals surface area contributed by atoms with Gasteiger partial charge >= 0.3 is 0 Å². The van der Waals surface area contributed by atoms with Gasteiger partial charge in [0.15, 0.2) is 11.4 Å². The van der Waals surface area contributed by atoms with Crippen molar-refractivity contribution in [1.29, 1.82) is 0 Å². The number of hydrogen-bond acceptors (Lipinski definition) is 7. The third-order valence-corrected chi connectivity index (χ3v) is 9.93. The van der Waals surface area contributed by atoms with Gasteiger partial charge in [-0.3, -0.25) is 4.98 Å². The first-order valence-corrected chi connectivity index (χ1v) is 14.7. The van der Waals surface area contributed by atoms with E-state index in [9.17, 15) is 8.42 Å². The maximum atomic E-state index is 13.6. The first kappa shape index (κ1) is 24.8. The van der Waals surface area contributed by atoms with Gasteiger partial charge in [-0.05, 0) is 36.2 Å². The molecule has 0 radical (unpaired) electrons. The SMILES string of the molecule is CN(C)S(=O)(=O)c1cc2c(c3ncccc13)OC1=NC(C)(c3ccccc3)N3CCNC3=C1C2c1ccccc1. The number of hydrogen-bond donors (Lipinski definition) is 1. The highest BCUT2D eigenvalue weighted by Crippen LogP contribution is 2.51. The highest BCUT2D eigenvalue weighted by Gasteiger charge is 2.48. The molecule has 7 rings (SSSR count). The molecule has 1 saturated heterocycles. The van der Waals surface area contributed by atoms with Gasteiger partial charge in [-0.25, -0.2) is 17.7 Å². The highest BCUT2D eigenvalue weighted by atomic mass is 32.2. The second-order valence-electron chi connectivity index (χ2n) is 10.6. The van der Waals surface area contributed by atoms with Crippen LogP contribution in [0.4, 0.5) is 0 Å². The van der Waals surface area contributed by atoms with Gasteiger partial charge in [-0.2, -0.15) is 0 Å². The number of benzene rings is 3. The second-order valence-corrected chi connectivity index (χ2v) is 12.7. The van der Waals surface area contributed by atoms with Gasteiger partial charge in [0, 0.05) is 50.2 Å². The Morgan fingerprint density at radius 3 is 2.48 bits per heavy atom. The third kappa shape index (κ3) is 3.51. The number of pyridine rings is 1. The molecule has 0 aliphatic carbocycles. The number of nitrogens with zero attached hydrogens (tertiary/aromatic N) is 4. The van der Waals surface area contributed by atoms with Crippen molar-refractivity contribution < 1.29 is 13.2 Å². The van der Waals surface area contributed by atoms with Crippen molar-refractivity contribution in [2.75, 3.05) is 27.2 Å². The Hall–Kier alpha value is -4.21. The van der Waals surface area contributed by atoms with Crippen LogP contribution in [0.2, 0.25) is 0 Å². The van der Waals surface area contributed by atoms with E-state index in [1.54, 1.807) is 38.5 Å². The zero-order valence-corrected chi connectivity index (χ0v) is 23.3. The fraction of sp³-hybridized carbons (Fsp3) is 0.226. The Kier molecular flexibility index (Phi) is 5.52. The first-order chi connectivity index (χ1) is 19.3. The van der Waals surface area contributed by atoms with E-state index in [0.29, 0.717) is 22.6 Å². The Morgan fingerprint density at radius 2 is 1.75 bits per heavy atom. The second kappa shape index (κ2) is 8.90. The summed E-state index contributed by atoms with van der Waals surface area (Å²) in [5.41, 5.74) is 3.53. The number of nitrogens with one attached hydrogen (secondary N) is 1. The Labute approximate surface area is 233 Å². The molecule has 0 saturated carbocycles. The predicted octanol–water partition coefficient (Wildman–Crippen LogP) is 4.41. The van der Waals surface area contributed by atoms with Crippen LogP contribution in [-0.4, -0.2) is 55.7 Å². The van der Waals surface area contributed by atoms with E-state index in [4.69, 9.17) is 9.73 Å². The third-order valence-electron chi connectivity index (χ3n) is 8.08. The number of aliphatic imine (C=N–C) groups is 1.